The summed E-state index contributed by atoms with van der Waals surface area (Å²) in [6.07, 6.45) is 6.26. The van der Waals surface area contributed by atoms with E-state index in [0.29, 0.717) is 12.5 Å². The fourth-order valence-corrected chi connectivity index (χ4v) is 4.01. The summed E-state index contributed by atoms with van der Waals surface area (Å²) in [5.74, 6) is 0.636. The largest absolute Gasteiger partial charge is 0.370 e. The summed E-state index contributed by atoms with van der Waals surface area (Å²) < 4.78 is 0. The van der Waals surface area contributed by atoms with Crippen molar-refractivity contribution in [3.8, 4) is 0 Å². The number of rotatable bonds is 4. The van der Waals surface area contributed by atoms with Gasteiger partial charge in [-0.3, -0.25) is 0 Å². The van der Waals surface area contributed by atoms with Crippen molar-refractivity contribution in [2.45, 2.75) is 6.54 Å². The first-order valence-corrected chi connectivity index (χ1v) is 9.86. The van der Waals surface area contributed by atoms with Crippen LogP contribution in [-0.4, -0.2) is 55.1 Å². The number of piperazine rings is 1. The van der Waals surface area contributed by atoms with Crippen molar-refractivity contribution in [1.29, 1.82) is 0 Å². The van der Waals surface area contributed by atoms with E-state index in [1.54, 1.807) is 11.3 Å². The first-order valence-electron chi connectivity index (χ1n) is 8.98. The van der Waals surface area contributed by atoms with Gasteiger partial charge in [0.1, 0.15) is 0 Å². The maximum absolute atomic E-state index is 6.24. The number of nitrogens with zero attached hydrogens (tertiary/aromatic N) is 5. The number of hydrogen-bond acceptors (Lipinski definition) is 5. The third kappa shape index (κ3) is 4.92. The summed E-state index contributed by atoms with van der Waals surface area (Å²) in [6, 6.07) is 8.58. The van der Waals surface area contributed by atoms with Crippen LogP contribution in [0.15, 0.2) is 53.0 Å². The molecule has 0 radical (unpaired) electrons. The molecule has 3 heterocycles. The molecule has 8 heteroatoms. The molecule has 2 aliphatic rings. The van der Waals surface area contributed by atoms with Crippen LogP contribution in [0.4, 0.5) is 10.8 Å². The minimum Gasteiger partial charge on any atom is -0.370 e. The molecule has 144 valence electrons. The molecule has 0 unspecified atom stereocenters. The Kier molecular flexibility index (Phi) is 6.95. The van der Waals surface area contributed by atoms with Gasteiger partial charge in [0.2, 0.25) is 0 Å². The lowest BCUT2D eigenvalue weighted by atomic mass is 10.2. The molecule has 0 aliphatic carbocycles. The molecular formula is C19H25IN6S. The molecule has 2 N–H and O–H groups in total. The van der Waals surface area contributed by atoms with Gasteiger partial charge in [0.25, 0.3) is 0 Å². The Morgan fingerprint density at radius 2 is 1.89 bits per heavy atom. The van der Waals surface area contributed by atoms with Crippen molar-refractivity contribution in [1.82, 2.24) is 9.88 Å². The van der Waals surface area contributed by atoms with Crippen molar-refractivity contribution in [3.63, 3.8) is 0 Å². The van der Waals surface area contributed by atoms with Crippen LogP contribution >= 0.6 is 35.3 Å². The molecule has 1 aromatic heterocycles. The third-order valence-corrected chi connectivity index (χ3v) is 5.64. The van der Waals surface area contributed by atoms with Gasteiger partial charge in [-0.2, -0.15) is 0 Å². The first-order chi connectivity index (χ1) is 12.8. The normalized spacial score (nSPS) is 17.3. The molecule has 4 rings (SSSR count). The zero-order valence-corrected chi connectivity index (χ0v) is 18.3. The highest BCUT2D eigenvalue weighted by atomic mass is 127. The van der Waals surface area contributed by atoms with Crippen LogP contribution in [0.3, 0.4) is 0 Å². The van der Waals surface area contributed by atoms with Gasteiger partial charge in [-0.05, 0) is 17.7 Å². The van der Waals surface area contributed by atoms with Crippen LogP contribution in [0.25, 0.3) is 0 Å². The summed E-state index contributed by atoms with van der Waals surface area (Å²) in [4.78, 5) is 15.8. The fourth-order valence-electron chi connectivity index (χ4n) is 3.31. The van der Waals surface area contributed by atoms with E-state index in [2.05, 4.69) is 61.1 Å². The molecule has 1 fully saturated rings. The molecule has 0 bridgehead atoms. The predicted octanol–water partition coefficient (Wildman–Crippen LogP) is 2.77. The minimum atomic E-state index is 0. The van der Waals surface area contributed by atoms with Crippen molar-refractivity contribution in [2.75, 3.05) is 49.1 Å². The summed E-state index contributed by atoms with van der Waals surface area (Å²) in [7, 11) is 0. The van der Waals surface area contributed by atoms with E-state index in [-0.39, 0.29) is 24.0 Å². The number of anilines is 2. The Balaban J connectivity index is 0.00000210. The van der Waals surface area contributed by atoms with Gasteiger partial charge >= 0.3 is 0 Å². The zero-order chi connectivity index (χ0) is 17.8. The Bertz CT molecular complexity index is 775. The quantitative estimate of drug-likeness (QED) is 0.306. The minimum absolute atomic E-state index is 0. The SMILES string of the molecule is I.NC(=NCc1cccc(N2CC=CC2)c1)N1CCN(c2nccs2)CC1. The Labute approximate surface area is 181 Å². The highest BCUT2D eigenvalue weighted by molar-refractivity contribution is 14.0. The summed E-state index contributed by atoms with van der Waals surface area (Å²) >= 11 is 1.68. The average molecular weight is 496 g/mol. The molecule has 2 aromatic rings. The maximum atomic E-state index is 6.24. The second-order valence-electron chi connectivity index (χ2n) is 6.51. The molecule has 0 spiro atoms. The van der Waals surface area contributed by atoms with Crippen LogP contribution in [0.1, 0.15) is 5.56 Å². The van der Waals surface area contributed by atoms with Gasteiger partial charge in [-0.15, -0.1) is 35.3 Å². The van der Waals surface area contributed by atoms with Crippen LogP contribution in [-0.2, 0) is 6.54 Å². The van der Waals surface area contributed by atoms with Gasteiger partial charge in [0, 0.05) is 56.5 Å². The van der Waals surface area contributed by atoms with E-state index in [1.807, 2.05) is 11.6 Å². The summed E-state index contributed by atoms with van der Waals surface area (Å²) in [6.45, 7) is 6.22. The van der Waals surface area contributed by atoms with Crippen molar-refractivity contribution < 1.29 is 0 Å². The topological polar surface area (TPSA) is 61.0 Å². The molecule has 1 aromatic carbocycles. The van der Waals surface area contributed by atoms with Gasteiger partial charge in [-0.1, -0.05) is 24.3 Å². The third-order valence-electron chi connectivity index (χ3n) is 4.81. The van der Waals surface area contributed by atoms with E-state index in [0.717, 1.165) is 44.4 Å². The molecule has 2 aliphatic heterocycles. The van der Waals surface area contributed by atoms with E-state index in [9.17, 15) is 0 Å². The maximum Gasteiger partial charge on any atom is 0.191 e. The fraction of sp³-hybridized carbons (Fsp3) is 0.368. The second-order valence-corrected chi connectivity index (χ2v) is 7.38. The first kappa shape index (κ1) is 19.9. The van der Waals surface area contributed by atoms with Crippen LogP contribution < -0.4 is 15.5 Å². The van der Waals surface area contributed by atoms with Crippen LogP contribution in [0, 0.1) is 0 Å². The molecule has 0 atom stereocenters. The monoisotopic (exact) mass is 496 g/mol. The number of aliphatic imine (C=N–C) groups is 1. The molecule has 27 heavy (non-hydrogen) atoms. The number of nitrogens with two attached hydrogens (primary N) is 1. The molecule has 0 amide bonds. The number of benzene rings is 1. The van der Waals surface area contributed by atoms with Crippen molar-refractivity contribution in [2.24, 2.45) is 10.7 Å². The highest BCUT2D eigenvalue weighted by Crippen LogP contribution is 2.20. The van der Waals surface area contributed by atoms with Crippen LogP contribution in [0.2, 0.25) is 0 Å². The van der Waals surface area contributed by atoms with Crippen LogP contribution in [0.5, 0.6) is 0 Å². The van der Waals surface area contributed by atoms with Gasteiger partial charge in [-0.25, -0.2) is 9.98 Å². The Morgan fingerprint density at radius 1 is 1.11 bits per heavy atom. The summed E-state index contributed by atoms with van der Waals surface area (Å²) in [5, 5.41) is 3.11. The number of halogens is 1. The highest BCUT2D eigenvalue weighted by Gasteiger charge is 2.19. The van der Waals surface area contributed by atoms with Gasteiger partial charge in [0.15, 0.2) is 11.1 Å². The summed E-state index contributed by atoms with van der Waals surface area (Å²) in [5.41, 5.74) is 8.69. The standard InChI is InChI=1S/C19H24N6S.HI/c20-18(24-9-11-25(12-10-24)19-21-6-13-26-19)22-15-16-4-3-5-17(14-16)23-7-1-2-8-23;/h1-6,13-14H,7-12,15H2,(H2,20,22);1H. The lowest BCUT2D eigenvalue weighted by molar-refractivity contribution is 0.380. The van der Waals surface area contributed by atoms with E-state index in [4.69, 9.17) is 5.73 Å². The smallest absolute Gasteiger partial charge is 0.191 e. The second kappa shape index (κ2) is 9.41. The van der Waals surface area contributed by atoms with E-state index >= 15 is 0 Å². The lowest BCUT2D eigenvalue weighted by Crippen LogP contribution is -2.51. The number of aromatic nitrogens is 1. The van der Waals surface area contributed by atoms with Crippen molar-refractivity contribution >= 4 is 52.1 Å². The number of guanidine groups is 1. The average Bonchev–Trinajstić information content (AvgIpc) is 3.40. The Hall–Kier alpha value is -1.81. The molecule has 6 nitrogen and oxygen atoms in total. The zero-order valence-electron chi connectivity index (χ0n) is 15.2. The molecular weight excluding hydrogens is 471 g/mol. The Morgan fingerprint density at radius 3 is 2.59 bits per heavy atom. The predicted molar refractivity (Wildman–Crippen MR) is 124 cm³/mol. The van der Waals surface area contributed by atoms with Crippen molar-refractivity contribution in [3.05, 3.63) is 53.6 Å². The molecule has 1 saturated heterocycles. The van der Waals surface area contributed by atoms with Gasteiger partial charge < -0.3 is 20.4 Å². The molecule has 0 saturated carbocycles. The van der Waals surface area contributed by atoms with E-state index < -0.39 is 0 Å². The number of hydrogen-bond donors (Lipinski definition) is 1. The lowest BCUT2D eigenvalue weighted by Gasteiger charge is -2.35. The van der Waals surface area contributed by atoms with Gasteiger partial charge in [0.05, 0.1) is 6.54 Å². The number of thiazole rings is 1. The van der Waals surface area contributed by atoms with E-state index in [1.165, 1.54) is 11.3 Å².